The first-order valence-electron chi connectivity index (χ1n) is 7.12. The van der Waals surface area contributed by atoms with Crippen LogP contribution in [0.1, 0.15) is 46.6 Å². The number of rotatable bonds is 1. The van der Waals surface area contributed by atoms with Gasteiger partial charge in [0, 0.05) is 23.1 Å². The fourth-order valence-electron chi connectivity index (χ4n) is 3.62. The monoisotopic (exact) mass is 281 g/mol. The van der Waals surface area contributed by atoms with Crippen LogP contribution in [0.15, 0.2) is 53.7 Å². The normalized spacial score (nSPS) is 27.1. The van der Waals surface area contributed by atoms with E-state index in [-0.39, 0.29) is 0 Å². The van der Waals surface area contributed by atoms with E-state index in [1.807, 2.05) is 12.3 Å². The molecule has 0 saturated heterocycles. The SMILES string of the molecule is Cc1ccc(C2CC3C(Cl)=CC2c2ncccc23)cc1. The minimum Gasteiger partial charge on any atom is -0.260 e. The van der Waals surface area contributed by atoms with Crippen molar-refractivity contribution >= 4 is 11.6 Å². The molecule has 100 valence electrons. The highest BCUT2D eigenvalue weighted by Gasteiger charge is 2.41. The third-order valence-corrected chi connectivity index (χ3v) is 5.05. The van der Waals surface area contributed by atoms with Crippen LogP contribution in [-0.4, -0.2) is 4.98 Å². The van der Waals surface area contributed by atoms with E-state index in [1.54, 1.807) is 0 Å². The topological polar surface area (TPSA) is 12.9 Å². The lowest BCUT2D eigenvalue weighted by atomic mass is 9.65. The molecule has 3 unspecified atom stereocenters. The standard InChI is InChI=1S/C18H16ClN/c1-11-4-6-12(7-5-11)14-9-15-13-3-2-8-20-18(13)16(14)10-17(15)19/h2-8,10,14-16H,9H2,1H3. The molecule has 0 N–H and O–H groups in total. The zero-order valence-electron chi connectivity index (χ0n) is 11.4. The maximum atomic E-state index is 6.45. The fraction of sp³-hybridized carbons (Fsp3) is 0.278. The van der Waals surface area contributed by atoms with Gasteiger partial charge in [-0.25, -0.2) is 0 Å². The van der Waals surface area contributed by atoms with Crippen LogP contribution < -0.4 is 0 Å². The number of aromatic nitrogens is 1. The molecular weight excluding hydrogens is 266 g/mol. The maximum Gasteiger partial charge on any atom is 0.0517 e. The van der Waals surface area contributed by atoms with Crippen LogP contribution in [-0.2, 0) is 0 Å². The van der Waals surface area contributed by atoms with Crippen LogP contribution in [0.3, 0.4) is 0 Å². The molecule has 0 fully saturated rings. The number of nitrogens with zero attached hydrogens (tertiary/aromatic N) is 1. The summed E-state index contributed by atoms with van der Waals surface area (Å²) in [5.41, 5.74) is 5.26. The Labute approximate surface area is 124 Å². The molecule has 0 radical (unpaired) electrons. The van der Waals surface area contributed by atoms with Crippen LogP contribution >= 0.6 is 11.6 Å². The molecule has 0 amide bonds. The van der Waals surface area contributed by atoms with Crippen molar-refractivity contribution in [1.29, 1.82) is 0 Å². The molecule has 20 heavy (non-hydrogen) atoms. The van der Waals surface area contributed by atoms with E-state index in [2.05, 4.69) is 48.3 Å². The van der Waals surface area contributed by atoms with Crippen LogP contribution in [0.4, 0.5) is 0 Å². The summed E-state index contributed by atoms with van der Waals surface area (Å²) < 4.78 is 0. The Morgan fingerprint density at radius 2 is 1.95 bits per heavy atom. The first-order chi connectivity index (χ1) is 9.74. The lowest BCUT2D eigenvalue weighted by molar-refractivity contribution is 0.461. The zero-order valence-corrected chi connectivity index (χ0v) is 12.1. The number of hydrogen-bond acceptors (Lipinski definition) is 1. The van der Waals surface area contributed by atoms with Gasteiger partial charge < -0.3 is 0 Å². The van der Waals surface area contributed by atoms with E-state index >= 15 is 0 Å². The predicted molar refractivity (Wildman–Crippen MR) is 82.2 cm³/mol. The Hall–Kier alpha value is -1.60. The molecule has 0 spiro atoms. The van der Waals surface area contributed by atoms with Gasteiger partial charge >= 0.3 is 0 Å². The molecule has 1 aromatic heterocycles. The van der Waals surface area contributed by atoms with Crippen molar-refractivity contribution in [1.82, 2.24) is 4.98 Å². The summed E-state index contributed by atoms with van der Waals surface area (Å²) in [6.45, 7) is 2.13. The highest BCUT2D eigenvalue weighted by molar-refractivity contribution is 6.30. The lowest BCUT2D eigenvalue weighted by Gasteiger charge is -2.41. The summed E-state index contributed by atoms with van der Waals surface area (Å²) in [6.07, 6.45) is 5.21. The Morgan fingerprint density at radius 1 is 1.15 bits per heavy atom. The average molecular weight is 282 g/mol. The number of aryl methyl sites for hydroxylation is 1. The molecule has 1 heterocycles. The molecule has 2 bridgehead atoms. The third kappa shape index (κ3) is 1.73. The number of allylic oxidation sites excluding steroid dienone is 2. The molecule has 3 aliphatic rings. The molecule has 0 saturated carbocycles. The van der Waals surface area contributed by atoms with E-state index in [9.17, 15) is 0 Å². The van der Waals surface area contributed by atoms with Crippen LogP contribution in [0.25, 0.3) is 0 Å². The summed E-state index contributed by atoms with van der Waals surface area (Å²) in [7, 11) is 0. The largest absolute Gasteiger partial charge is 0.260 e. The van der Waals surface area contributed by atoms with Gasteiger partial charge in [-0.1, -0.05) is 53.6 Å². The summed E-state index contributed by atoms with van der Waals surface area (Å²) >= 11 is 6.45. The first kappa shape index (κ1) is 12.2. The van der Waals surface area contributed by atoms with Crippen LogP contribution in [0, 0.1) is 6.92 Å². The van der Waals surface area contributed by atoms with Gasteiger partial charge in [0.15, 0.2) is 0 Å². The molecule has 2 aromatic rings. The first-order valence-corrected chi connectivity index (χ1v) is 7.50. The summed E-state index contributed by atoms with van der Waals surface area (Å²) in [6, 6.07) is 13.1. The minimum absolute atomic E-state index is 0.325. The Bertz CT molecular complexity index is 687. The van der Waals surface area contributed by atoms with Gasteiger partial charge in [0.2, 0.25) is 0 Å². The second-order valence-corrected chi connectivity index (χ2v) is 6.30. The van der Waals surface area contributed by atoms with Gasteiger partial charge in [0.05, 0.1) is 5.69 Å². The second kappa shape index (κ2) is 4.46. The van der Waals surface area contributed by atoms with Gasteiger partial charge in [0.25, 0.3) is 0 Å². The van der Waals surface area contributed by atoms with Gasteiger partial charge in [-0.2, -0.15) is 0 Å². The fourth-order valence-corrected chi connectivity index (χ4v) is 3.96. The van der Waals surface area contributed by atoms with E-state index in [0.717, 1.165) is 11.5 Å². The predicted octanol–water partition coefficient (Wildman–Crippen LogP) is 4.88. The van der Waals surface area contributed by atoms with Crippen LogP contribution in [0.2, 0.25) is 0 Å². The highest BCUT2D eigenvalue weighted by Crippen LogP contribution is 2.55. The summed E-state index contributed by atoms with van der Waals surface area (Å²) in [5.74, 6) is 1.16. The van der Waals surface area contributed by atoms with Crippen LogP contribution in [0.5, 0.6) is 0 Å². The number of halogens is 1. The number of fused-ring (bicyclic) bond motifs is 1. The van der Waals surface area contributed by atoms with Gasteiger partial charge in [-0.05, 0) is 36.5 Å². The Kier molecular flexibility index (Phi) is 2.71. The van der Waals surface area contributed by atoms with Crippen molar-refractivity contribution in [2.45, 2.75) is 31.1 Å². The van der Waals surface area contributed by atoms with Gasteiger partial charge in [0.1, 0.15) is 0 Å². The number of benzene rings is 1. The molecule has 3 atom stereocenters. The number of pyridine rings is 1. The molecule has 1 aromatic carbocycles. The van der Waals surface area contributed by atoms with Crippen molar-refractivity contribution in [3.63, 3.8) is 0 Å². The third-order valence-electron chi connectivity index (χ3n) is 4.66. The highest BCUT2D eigenvalue weighted by atomic mass is 35.5. The molecule has 5 rings (SSSR count). The maximum absolute atomic E-state index is 6.45. The molecule has 3 aliphatic carbocycles. The van der Waals surface area contributed by atoms with E-state index in [4.69, 9.17) is 11.6 Å². The quantitative estimate of drug-likeness (QED) is 0.726. The van der Waals surface area contributed by atoms with Crippen molar-refractivity contribution in [2.75, 3.05) is 0 Å². The summed E-state index contributed by atoms with van der Waals surface area (Å²) in [5, 5.41) is 0.999. The van der Waals surface area contributed by atoms with Crippen molar-refractivity contribution < 1.29 is 0 Å². The Balaban J connectivity index is 1.81. The molecule has 2 heteroatoms. The van der Waals surface area contributed by atoms with Crippen molar-refractivity contribution in [2.24, 2.45) is 0 Å². The average Bonchev–Trinajstić information content (AvgIpc) is 2.48. The van der Waals surface area contributed by atoms with Gasteiger partial charge in [-0.3, -0.25) is 4.98 Å². The van der Waals surface area contributed by atoms with E-state index in [0.29, 0.717) is 17.8 Å². The van der Waals surface area contributed by atoms with Gasteiger partial charge in [-0.15, -0.1) is 0 Å². The zero-order chi connectivity index (χ0) is 13.7. The van der Waals surface area contributed by atoms with Crippen molar-refractivity contribution in [3.05, 3.63) is 76.1 Å². The minimum atomic E-state index is 0.325. The molecule has 0 aliphatic heterocycles. The Morgan fingerprint density at radius 3 is 2.75 bits per heavy atom. The summed E-state index contributed by atoms with van der Waals surface area (Å²) in [4.78, 5) is 4.63. The lowest BCUT2D eigenvalue weighted by Crippen LogP contribution is -2.27. The van der Waals surface area contributed by atoms with Crippen molar-refractivity contribution in [3.8, 4) is 0 Å². The molecule has 1 nitrogen and oxygen atoms in total. The molecular formula is C18H16ClN. The van der Waals surface area contributed by atoms with E-state index < -0.39 is 0 Å². The van der Waals surface area contributed by atoms with E-state index in [1.165, 1.54) is 22.4 Å². The number of hydrogen-bond donors (Lipinski definition) is 0. The second-order valence-electron chi connectivity index (χ2n) is 5.86. The smallest absolute Gasteiger partial charge is 0.0517 e.